The fourth-order valence-corrected chi connectivity index (χ4v) is 3.80. The molecule has 1 unspecified atom stereocenters. The van der Waals surface area contributed by atoms with Gasteiger partial charge in [-0.3, -0.25) is 0 Å². The third kappa shape index (κ3) is 3.06. The van der Waals surface area contributed by atoms with Crippen molar-refractivity contribution < 1.29 is 9.53 Å². The zero-order chi connectivity index (χ0) is 17.2. The van der Waals surface area contributed by atoms with Crippen LogP contribution in [0.3, 0.4) is 0 Å². The average molecular weight is 341 g/mol. The Hall–Kier alpha value is -2.57. The van der Waals surface area contributed by atoms with Gasteiger partial charge in [-0.25, -0.2) is 4.79 Å². The first-order valence-electron chi connectivity index (χ1n) is 8.85. The maximum absolute atomic E-state index is 12.7. The number of rotatable bonds is 4. The highest BCUT2D eigenvalue weighted by Crippen LogP contribution is 2.33. The van der Waals surface area contributed by atoms with Crippen molar-refractivity contribution in [3.63, 3.8) is 0 Å². The zero-order valence-electron chi connectivity index (χ0n) is 14.4. The first-order valence-corrected chi connectivity index (χ1v) is 8.85. The summed E-state index contributed by atoms with van der Waals surface area (Å²) in [6.07, 6.45) is 4.07. The lowest BCUT2D eigenvalue weighted by molar-refractivity contribution is 0.192. The van der Waals surface area contributed by atoms with Crippen molar-refractivity contribution in [2.75, 3.05) is 13.7 Å². The van der Waals surface area contributed by atoms with E-state index in [-0.39, 0.29) is 12.1 Å². The smallest absolute Gasteiger partial charge is 0.318 e. The third-order valence-corrected chi connectivity index (χ3v) is 5.08. The van der Waals surface area contributed by atoms with Gasteiger partial charge in [-0.05, 0) is 37.0 Å². The van der Waals surface area contributed by atoms with Crippen molar-refractivity contribution in [2.24, 2.45) is 0 Å². The molecule has 0 aliphatic carbocycles. The Kier molecular flexibility index (Phi) is 4.29. The molecular formula is C18H23N5O2. The minimum Gasteiger partial charge on any atom is -0.497 e. The second-order valence-corrected chi connectivity index (χ2v) is 6.57. The van der Waals surface area contributed by atoms with Crippen LogP contribution >= 0.6 is 0 Å². The number of carbonyl (C=O) groups excluding carboxylic acids is 1. The number of fused-ring (bicyclic) bond motifs is 1. The molecule has 3 heterocycles. The number of amides is 2. The number of aromatic nitrogens is 3. The molecule has 7 nitrogen and oxygen atoms in total. The minimum absolute atomic E-state index is 0.0410. The van der Waals surface area contributed by atoms with E-state index in [0.717, 1.165) is 61.7 Å². The summed E-state index contributed by atoms with van der Waals surface area (Å²) in [7, 11) is 1.66. The van der Waals surface area contributed by atoms with Gasteiger partial charge in [0.15, 0.2) is 5.82 Å². The second-order valence-electron chi connectivity index (χ2n) is 6.57. The number of aryl methyl sites for hydroxylation is 1. The molecule has 25 heavy (non-hydrogen) atoms. The van der Waals surface area contributed by atoms with Crippen molar-refractivity contribution >= 4 is 6.03 Å². The van der Waals surface area contributed by atoms with Crippen LogP contribution in [-0.2, 0) is 19.5 Å². The molecular weight excluding hydrogens is 318 g/mol. The maximum Gasteiger partial charge on any atom is 0.318 e. The Morgan fingerprint density at radius 3 is 3.12 bits per heavy atom. The van der Waals surface area contributed by atoms with Crippen molar-refractivity contribution in [1.82, 2.24) is 25.0 Å². The van der Waals surface area contributed by atoms with Gasteiger partial charge in [0.2, 0.25) is 0 Å². The Morgan fingerprint density at radius 1 is 1.32 bits per heavy atom. The molecule has 1 aromatic carbocycles. The Bertz CT molecular complexity index is 773. The molecule has 0 saturated carbocycles. The summed E-state index contributed by atoms with van der Waals surface area (Å²) in [6.45, 7) is 2.14. The average Bonchev–Trinajstić information content (AvgIpc) is 3.36. The van der Waals surface area contributed by atoms with E-state index >= 15 is 0 Å². The Labute approximate surface area is 147 Å². The molecule has 7 heteroatoms. The maximum atomic E-state index is 12.7. The number of hydrogen-bond donors (Lipinski definition) is 1. The Morgan fingerprint density at radius 2 is 2.24 bits per heavy atom. The van der Waals surface area contributed by atoms with Crippen LogP contribution in [0.15, 0.2) is 24.3 Å². The van der Waals surface area contributed by atoms with Crippen LogP contribution < -0.4 is 10.1 Å². The molecule has 1 aromatic heterocycles. The summed E-state index contributed by atoms with van der Waals surface area (Å²) in [5, 5.41) is 11.4. The molecule has 132 valence electrons. The van der Waals surface area contributed by atoms with Crippen molar-refractivity contribution in [1.29, 1.82) is 0 Å². The first-order chi connectivity index (χ1) is 12.3. The molecule has 1 atom stereocenters. The summed E-state index contributed by atoms with van der Waals surface area (Å²) >= 11 is 0. The number of benzene rings is 1. The van der Waals surface area contributed by atoms with E-state index in [2.05, 4.69) is 26.1 Å². The van der Waals surface area contributed by atoms with E-state index in [1.54, 1.807) is 7.11 Å². The number of carbonyl (C=O) groups is 1. The van der Waals surface area contributed by atoms with Gasteiger partial charge in [0.05, 0.1) is 19.7 Å². The Balaban J connectivity index is 1.43. The largest absolute Gasteiger partial charge is 0.497 e. The van der Waals surface area contributed by atoms with Gasteiger partial charge in [0.1, 0.15) is 11.6 Å². The number of methoxy groups -OCH3 is 1. The van der Waals surface area contributed by atoms with E-state index in [0.29, 0.717) is 6.54 Å². The summed E-state index contributed by atoms with van der Waals surface area (Å²) < 4.78 is 7.43. The van der Waals surface area contributed by atoms with Crippen LogP contribution in [0.4, 0.5) is 4.79 Å². The number of urea groups is 1. The van der Waals surface area contributed by atoms with Gasteiger partial charge in [0, 0.05) is 19.5 Å². The van der Waals surface area contributed by atoms with Crippen LogP contribution in [0.25, 0.3) is 0 Å². The molecule has 0 radical (unpaired) electrons. The minimum atomic E-state index is -0.0410. The highest BCUT2D eigenvalue weighted by molar-refractivity contribution is 5.75. The second kappa shape index (κ2) is 6.74. The summed E-state index contributed by atoms with van der Waals surface area (Å²) in [5.74, 6) is 2.70. The van der Waals surface area contributed by atoms with E-state index in [4.69, 9.17) is 4.74 Å². The van der Waals surface area contributed by atoms with Crippen LogP contribution in [-0.4, -0.2) is 39.4 Å². The fourth-order valence-electron chi connectivity index (χ4n) is 3.80. The SMILES string of the molecule is COc1cccc(C2CCCN2C(=O)NCc2nnc3n2CCC3)c1. The molecule has 2 aromatic rings. The number of hydrogen-bond acceptors (Lipinski definition) is 4. The number of nitrogens with one attached hydrogen (secondary N) is 1. The summed E-state index contributed by atoms with van der Waals surface area (Å²) in [5.41, 5.74) is 1.12. The van der Waals surface area contributed by atoms with Crippen LogP contribution in [0, 0.1) is 0 Å². The van der Waals surface area contributed by atoms with Gasteiger partial charge < -0.3 is 19.5 Å². The topological polar surface area (TPSA) is 72.3 Å². The molecule has 0 bridgehead atoms. The fraction of sp³-hybridized carbons (Fsp3) is 0.500. The van der Waals surface area contributed by atoms with Crippen molar-refractivity contribution in [2.45, 2.75) is 44.8 Å². The lowest BCUT2D eigenvalue weighted by Crippen LogP contribution is -2.39. The van der Waals surface area contributed by atoms with E-state index in [1.165, 1.54) is 0 Å². The van der Waals surface area contributed by atoms with Gasteiger partial charge in [0.25, 0.3) is 0 Å². The van der Waals surface area contributed by atoms with E-state index in [1.807, 2.05) is 23.1 Å². The number of likely N-dealkylation sites (tertiary alicyclic amines) is 1. The van der Waals surface area contributed by atoms with Crippen molar-refractivity contribution in [3.8, 4) is 5.75 Å². The highest BCUT2D eigenvalue weighted by atomic mass is 16.5. The van der Waals surface area contributed by atoms with Crippen LogP contribution in [0.1, 0.15) is 42.5 Å². The van der Waals surface area contributed by atoms with Crippen LogP contribution in [0.2, 0.25) is 0 Å². The van der Waals surface area contributed by atoms with Gasteiger partial charge in [-0.15, -0.1) is 10.2 Å². The number of ether oxygens (including phenoxy) is 1. The summed E-state index contributed by atoms with van der Waals surface area (Å²) in [6, 6.07) is 8.03. The van der Waals surface area contributed by atoms with Crippen LogP contribution in [0.5, 0.6) is 5.75 Å². The molecule has 1 saturated heterocycles. The molecule has 1 N–H and O–H groups in total. The molecule has 1 fully saturated rings. The molecule has 2 amide bonds. The standard InChI is InChI=1S/C18H23N5O2/c1-25-14-6-2-5-13(11-14)15-7-3-9-22(15)18(24)19-12-17-21-20-16-8-4-10-23(16)17/h2,5-6,11,15H,3-4,7-10,12H2,1H3,(H,19,24). The normalized spacial score (nSPS) is 19.1. The van der Waals surface area contributed by atoms with E-state index in [9.17, 15) is 4.79 Å². The van der Waals surface area contributed by atoms with Gasteiger partial charge >= 0.3 is 6.03 Å². The third-order valence-electron chi connectivity index (χ3n) is 5.08. The molecule has 0 spiro atoms. The predicted molar refractivity (Wildman–Crippen MR) is 92.3 cm³/mol. The molecule has 2 aliphatic heterocycles. The zero-order valence-corrected chi connectivity index (χ0v) is 14.4. The monoisotopic (exact) mass is 341 g/mol. The first kappa shape index (κ1) is 15.9. The lowest BCUT2D eigenvalue weighted by Gasteiger charge is -2.25. The summed E-state index contributed by atoms with van der Waals surface area (Å²) in [4.78, 5) is 14.6. The molecule has 4 rings (SSSR count). The van der Waals surface area contributed by atoms with Gasteiger partial charge in [-0.1, -0.05) is 12.1 Å². The highest BCUT2D eigenvalue weighted by Gasteiger charge is 2.30. The quantitative estimate of drug-likeness (QED) is 0.926. The lowest BCUT2D eigenvalue weighted by atomic mass is 10.0. The number of nitrogens with zero attached hydrogens (tertiary/aromatic N) is 4. The van der Waals surface area contributed by atoms with Gasteiger partial charge in [-0.2, -0.15) is 0 Å². The predicted octanol–water partition coefficient (Wildman–Crippen LogP) is 2.28. The molecule has 2 aliphatic rings. The van der Waals surface area contributed by atoms with E-state index < -0.39 is 0 Å². The van der Waals surface area contributed by atoms with Crippen molar-refractivity contribution in [3.05, 3.63) is 41.5 Å².